The molecular formula is C14H17BrN4. The van der Waals surface area contributed by atoms with E-state index in [1.807, 2.05) is 30.3 Å². The molecule has 1 aromatic heterocycles. The molecule has 0 aliphatic rings. The fourth-order valence-electron chi connectivity index (χ4n) is 1.93. The summed E-state index contributed by atoms with van der Waals surface area (Å²) in [7, 11) is 2.07. The van der Waals surface area contributed by atoms with Crippen molar-refractivity contribution in [1.29, 1.82) is 0 Å². The maximum atomic E-state index is 5.36. The number of rotatable bonds is 5. The van der Waals surface area contributed by atoms with E-state index >= 15 is 0 Å². The van der Waals surface area contributed by atoms with Crippen LogP contribution in [0, 0.1) is 0 Å². The molecule has 0 aliphatic heterocycles. The third-order valence-electron chi connectivity index (χ3n) is 2.73. The van der Waals surface area contributed by atoms with Crippen LogP contribution in [0.15, 0.2) is 46.9 Å². The van der Waals surface area contributed by atoms with E-state index in [0.717, 1.165) is 23.3 Å². The summed E-state index contributed by atoms with van der Waals surface area (Å²) in [5, 5.41) is 0. The summed E-state index contributed by atoms with van der Waals surface area (Å²) in [6.45, 7) is 1.66. The number of hydrogen-bond acceptors (Lipinski definition) is 4. The Bertz CT molecular complexity index is 544. The predicted octanol–water partition coefficient (Wildman–Crippen LogP) is 2.76. The first kappa shape index (κ1) is 14.0. The molecule has 0 saturated heterocycles. The number of nitrogens with zero attached hydrogens (tertiary/aromatic N) is 2. The van der Waals surface area contributed by atoms with Crippen LogP contribution < -0.4 is 11.3 Å². The molecule has 0 saturated carbocycles. The van der Waals surface area contributed by atoms with E-state index in [1.54, 1.807) is 0 Å². The molecule has 5 heteroatoms. The maximum Gasteiger partial charge on any atom is 0.140 e. The summed E-state index contributed by atoms with van der Waals surface area (Å²) in [6.07, 6.45) is 0. The van der Waals surface area contributed by atoms with Gasteiger partial charge in [-0.25, -0.2) is 10.8 Å². The molecule has 2 aromatic rings. The van der Waals surface area contributed by atoms with Crippen LogP contribution in [0.3, 0.4) is 0 Å². The van der Waals surface area contributed by atoms with Gasteiger partial charge in [-0.05, 0) is 36.9 Å². The van der Waals surface area contributed by atoms with Gasteiger partial charge in [0.05, 0.1) is 5.69 Å². The van der Waals surface area contributed by atoms with Crippen molar-refractivity contribution in [3.8, 4) is 0 Å². The van der Waals surface area contributed by atoms with Gasteiger partial charge in [0.1, 0.15) is 5.82 Å². The molecule has 1 aromatic carbocycles. The molecule has 0 bridgehead atoms. The zero-order valence-corrected chi connectivity index (χ0v) is 12.4. The van der Waals surface area contributed by atoms with Crippen LogP contribution in [-0.4, -0.2) is 16.9 Å². The van der Waals surface area contributed by atoms with E-state index in [1.165, 1.54) is 5.56 Å². The molecule has 2 rings (SSSR count). The van der Waals surface area contributed by atoms with Gasteiger partial charge in [0, 0.05) is 17.6 Å². The molecule has 19 heavy (non-hydrogen) atoms. The second-order valence-corrected chi connectivity index (χ2v) is 5.38. The van der Waals surface area contributed by atoms with Crippen LogP contribution in [-0.2, 0) is 13.1 Å². The largest absolute Gasteiger partial charge is 0.308 e. The molecule has 0 spiro atoms. The Morgan fingerprint density at radius 1 is 1.21 bits per heavy atom. The summed E-state index contributed by atoms with van der Waals surface area (Å²) in [5.41, 5.74) is 4.82. The molecule has 0 amide bonds. The van der Waals surface area contributed by atoms with Gasteiger partial charge in [-0.1, -0.05) is 34.1 Å². The lowest BCUT2D eigenvalue weighted by molar-refractivity contribution is 0.315. The smallest absolute Gasteiger partial charge is 0.140 e. The van der Waals surface area contributed by atoms with Crippen molar-refractivity contribution in [2.24, 2.45) is 5.84 Å². The summed E-state index contributed by atoms with van der Waals surface area (Å²) >= 11 is 3.48. The summed E-state index contributed by atoms with van der Waals surface area (Å²) in [6, 6.07) is 14.1. The van der Waals surface area contributed by atoms with Crippen molar-refractivity contribution >= 4 is 21.7 Å². The fourth-order valence-corrected chi connectivity index (χ4v) is 2.37. The average Bonchev–Trinajstić information content (AvgIpc) is 2.38. The zero-order valence-electron chi connectivity index (χ0n) is 10.8. The number of aromatic nitrogens is 1. The fraction of sp³-hybridized carbons (Fsp3) is 0.214. The van der Waals surface area contributed by atoms with Gasteiger partial charge < -0.3 is 5.43 Å². The van der Waals surface area contributed by atoms with E-state index in [4.69, 9.17) is 5.84 Å². The number of benzene rings is 1. The SMILES string of the molecule is CN(Cc1cccc(Br)c1)Cc1cccc(NN)n1. The molecule has 1 heterocycles. The Labute approximate surface area is 121 Å². The number of nitrogens with one attached hydrogen (secondary N) is 1. The lowest BCUT2D eigenvalue weighted by Gasteiger charge is -2.16. The van der Waals surface area contributed by atoms with Crippen LogP contribution in [0.5, 0.6) is 0 Å². The van der Waals surface area contributed by atoms with Crippen molar-refractivity contribution in [2.45, 2.75) is 13.1 Å². The van der Waals surface area contributed by atoms with Crippen molar-refractivity contribution in [2.75, 3.05) is 12.5 Å². The van der Waals surface area contributed by atoms with Crippen LogP contribution in [0.1, 0.15) is 11.3 Å². The topological polar surface area (TPSA) is 54.2 Å². The number of halogens is 1. The van der Waals surface area contributed by atoms with E-state index in [9.17, 15) is 0 Å². The zero-order chi connectivity index (χ0) is 13.7. The average molecular weight is 321 g/mol. The minimum Gasteiger partial charge on any atom is -0.308 e. The lowest BCUT2D eigenvalue weighted by atomic mass is 10.2. The Morgan fingerprint density at radius 3 is 2.74 bits per heavy atom. The molecule has 0 unspecified atom stereocenters. The number of pyridine rings is 1. The Balaban J connectivity index is 1.98. The second-order valence-electron chi connectivity index (χ2n) is 4.46. The van der Waals surface area contributed by atoms with E-state index in [-0.39, 0.29) is 0 Å². The highest BCUT2D eigenvalue weighted by Crippen LogP contribution is 2.14. The van der Waals surface area contributed by atoms with Gasteiger partial charge in [0.25, 0.3) is 0 Å². The maximum absolute atomic E-state index is 5.36. The highest BCUT2D eigenvalue weighted by atomic mass is 79.9. The van der Waals surface area contributed by atoms with E-state index < -0.39 is 0 Å². The van der Waals surface area contributed by atoms with Crippen LogP contribution in [0.2, 0.25) is 0 Å². The summed E-state index contributed by atoms with van der Waals surface area (Å²) in [5.74, 6) is 6.05. The predicted molar refractivity (Wildman–Crippen MR) is 81.4 cm³/mol. The highest BCUT2D eigenvalue weighted by molar-refractivity contribution is 9.10. The molecule has 4 nitrogen and oxygen atoms in total. The standard InChI is InChI=1S/C14H17BrN4/c1-19(9-11-4-2-5-12(15)8-11)10-13-6-3-7-14(17-13)18-16/h2-8H,9-10,16H2,1H3,(H,17,18). The lowest BCUT2D eigenvalue weighted by Crippen LogP contribution is -2.18. The van der Waals surface area contributed by atoms with Crippen molar-refractivity contribution < 1.29 is 0 Å². The minimum atomic E-state index is 0.688. The highest BCUT2D eigenvalue weighted by Gasteiger charge is 2.04. The Morgan fingerprint density at radius 2 is 2.00 bits per heavy atom. The third-order valence-corrected chi connectivity index (χ3v) is 3.22. The van der Waals surface area contributed by atoms with Crippen molar-refractivity contribution in [3.05, 3.63) is 58.2 Å². The quantitative estimate of drug-likeness (QED) is 0.657. The third kappa shape index (κ3) is 4.31. The number of nitrogens with two attached hydrogens (primary N) is 1. The molecule has 0 radical (unpaired) electrons. The van der Waals surface area contributed by atoms with Crippen molar-refractivity contribution in [1.82, 2.24) is 9.88 Å². The number of nitrogen functional groups attached to an aromatic ring is 1. The number of hydrogen-bond donors (Lipinski definition) is 2. The number of hydrazine groups is 1. The molecule has 100 valence electrons. The van der Waals surface area contributed by atoms with Gasteiger partial charge in [-0.15, -0.1) is 0 Å². The van der Waals surface area contributed by atoms with Crippen LogP contribution in [0.4, 0.5) is 5.82 Å². The summed E-state index contributed by atoms with van der Waals surface area (Å²) in [4.78, 5) is 6.62. The van der Waals surface area contributed by atoms with E-state index in [0.29, 0.717) is 5.82 Å². The van der Waals surface area contributed by atoms with Crippen LogP contribution in [0.25, 0.3) is 0 Å². The van der Waals surface area contributed by atoms with Gasteiger partial charge >= 0.3 is 0 Å². The normalized spacial score (nSPS) is 10.7. The Hall–Kier alpha value is -1.43. The first-order chi connectivity index (χ1) is 9.17. The molecule has 0 aliphatic carbocycles. The van der Waals surface area contributed by atoms with E-state index in [2.05, 4.69) is 50.4 Å². The first-order valence-corrected chi connectivity index (χ1v) is 6.82. The van der Waals surface area contributed by atoms with Gasteiger partial charge in [0.2, 0.25) is 0 Å². The second kappa shape index (κ2) is 6.65. The minimum absolute atomic E-state index is 0.688. The Kier molecular flexibility index (Phi) is 4.90. The number of anilines is 1. The molecule has 3 N–H and O–H groups in total. The molecule has 0 atom stereocenters. The van der Waals surface area contributed by atoms with Gasteiger partial charge in [0.15, 0.2) is 0 Å². The monoisotopic (exact) mass is 320 g/mol. The summed E-state index contributed by atoms with van der Waals surface area (Å²) < 4.78 is 1.10. The van der Waals surface area contributed by atoms with Gasteiger partial charge in [-0.3, -0.25) is 4.90 Å². The first-order valence-electron chi connectivity index (χ1n) is 6.03. The van der Waals surface area contributed by atoms with Crippen LogP contribution >= 0.6 is 15.9 Å². The molecular weight excluding hydrogens is 304 g/mol. The van der Waals surface area contributed by atoms with Gasteiger partial charge in [-0.2, -0.15) is 0 Å². The molecule has 0 fully saturated rings. The van der Waals surface area contributed by atoms with Crippen molar-refractivity contribution in [3.63, 3.8) is 0 Å².